The van der Waals surface area contributed by atoms with Gasteiger partial charge in [-0.15, -0.1) is 0 Å². The lowest BCUT2D eigenvalue weighted by Gasteiger charge is -2.10. The normalized spacial score (nSPS) is 10.6. The molecule has 0 unspecified atom stereocenters. The molecule has 0 fully saturated rings. The van der Waals surface area contributed by atoms with Crippen LogP contribution in [0.5, 0.6) is 5.75 Å². The van der Waals surface area contributed by atoms with E-state index in [9.17, 15) is 14.9 Å². The fourth-order valence-corrected chi connectivity index (χ4v) is 3.72. The summed E-state index contributed by atoms with van der Waals surface area (Å²) in [6.07, 6.45) is 0. The molecular weight excluding hydrogens is 392 g/mol. The number of hydrogen-bond donors (Lipinski definition) is 1. The van der Waals surface area contributed by atoms with Crippen LogP contribution in [0, 0.1) is 32.1 Å². The summed E-state index contributed by atoms with van der Waals surface area (Å²) >= 11 is 1.12. The summed E-state index contributed by atoms with van der Waals surface area (Å²) in [5, 5.41) is 12.4. The molecule has 0 aliphatic rings. The van der Waals surface area contributed by atoms with E-state index in [-0.39, 0.29) is 11.4 Å². The average Bonchev–Trinajstić information content (AvgIpc) is 3.12. The number of hydrogen-bond acceptors (Lipinski definition) is 7. The second-order valence-electron chi connectivity index (χ2n) is 6.31. The van der Waals surface area contributed by atoms with Crippen molar-refractivity contribution in [3.05, 3.63) is 62.8 Å². The number of thioether (sulfide) groups is 1. The predicted octanol–water partition coefficient (Wildman–Crippen LogP) is 2.42. The number of H-pyrrole nitrogens is 1. The van der Waals surface area contributed by atoms with Gasteiger partial charge in [0.2, 0.25) is 11.5 Å². The summed E-state index contributed by atoms with van der Waals surface area (Å²) in [5.41, 5.74) is 2.66. The number of benzene rings is 1. The molecule has 0 atom stereocenters. The molecule has 8 nitrogen and oxygen atoms in total. The molecule has 1 aromatic carbocycles. The van der Waals surface area contributed by atoms with Crippen LogP contribution in [0.3, 0.4) is 0 Å². The van der Waals surface area contributed by atoms with Gasteiger partial charge < -0.3 is 4.74 Å². The summed E-state index contributed by atoms with van der Waals surface area (Å²) in [5.74, 6) is 0.133. The summed E-state index contributed by atoms with van der Waals surface area (Å²) in [6, 6.07) is 8.95. The smallest absolute Gasteiger partial charge is 0.438 e. The van der Waals surface area contributed by atoms with Crippen LogP contribution in [0.4, 0.5) is 0 Å². The Morgan fingerprint density at radius 1 is 1.28 bits per heavy atom. The van der Waals surface area contributed by atoms with Crippen molar-refractivity contribution in [1.82, 2.24) is 10.3 Å². The standard InChI is InChI=1S/C20H18N4O4S/c1-11-12(2)16(9-21)19(22-13(11)3)29-10-17(25)18-20(26)28-23-24(18)14-5-7-15(27-4)8-6-14/h5-8H,10H2,1-4H3/p+1. The number of ketones is 1. The van der Waals surface area contributed by atoms with E-state index in [0.717, 1.165) is 28.6 Å². The number of Topliss-reactive ketones (excluding diaryl/α,β-unsaturated/α-hetero) is 1. The summed E-state index contributed by atoms with van der Waals surface area (Å²) in [7, 11) is 1.55. The van der Waals surface area contributed by atoms with Gasteiger partial charge >= 0.3 is 11.3 Å². The number of methoxy groups -OCH3 is 1. The third-order valence-electron chi connectivity index (χ3n) is 4.66. The lowest BCUT2D eigenvalue weighted by molar-refractivity contribution is -0.672. The molecule has 3 aromatic rings. The fraction of sp³-hybridized carbons (Fsp3) is 0.250. The summed E-state index contributed by atoms with van der Waals surface area (Å²) in [6.45, 7) is 5.61. The highest BCUT2D eigenvalue weighted by Crippen LogP contribution is 2.26. The second kappa shape index (κ2) is 8.32. The number of aryl methyl sites for hydroxylation is 1. The molecule has 0 aliphatic carbocycles. The largest absolute Gasteiger partial charge is 0.497 e. The highest BCUT2D eigenvalue weighted by atomic mass is 32.2. The first-order valence-electron chi connectivity index (χ1n) is 8.69. The third kappa shape index (κ3) is 3.93. The van der Waals surface area contributed by atoms with Crippen LogP contribution in [0.25, 0.3) is 5.69 Å². The maximum atomic E-state index is 12.8. The quantitative estimate of drug-likeness (QED) is 0.376. The van der Waals surface area contributed by atoms with Crippen molar-refractivity contribution in [2.24, 2.45) is 0 Å². The number of nitrogens with one attached hydrogen (secondary N) is 1. The number of rotatable bonds is 6. The minimum Gasteiger partial charge on any atom is -0.497 e. The van der Waals surface area contributed by atoms with Crippen LogP contribution in [-0.4, -0.2) is 28.9 Å². The molecule has 0 amide bonds. The second-order valence-corrected chi connectivity index (χ2v) is 7.28. The average molecular weight is 411 g/mol. The molecule has 0 radical (unpaired) electrons. The fourth-order valence-electron chi connectivity index (χ4n) is 2.77. The molecule has 0 aliphatic heterocycles. The Morgan fingerprint density at radius 3 is 2.59 bits per heavy atom. The molecule has 0 saturated carbocycles. The molecule has 29 heavy (non-hydrogen) atoms. The van der Waals surface area contributed by atoms with E-state index in [1.165, 1.54) is 4.68 Å². The summed E-state index contributed by atoms with van der Waals surface area (Å²) in [4.78, 5) is 29.4. The molecule has 0 saturated heterocycles. The highest BCUT2D eigenvalue weighted by Gasteiger charge is 2.31. The first-order valence-corrected chi connectivity index (χ1v) is 9.67. The van der Waals surface area contributed by atoms with E-state index < -0.39 is 11.4 Å². The van der Waals surface area contributed by atoms with Crippen molar-refractivity contribution in [3.63, 3.8) is 0 Å². The maximum Gasteiger partial charge on any atom is 0.438 e. The van der Waals surface area contributed by atoms with Gasteiger partial charge in [0.25, 0.3) is 0 Å². The first-order chi connectivity index (χ1) is 13.9. The number of aromatic amines is 1. The van der Waals surface area contributed by atoms with Gasteiger partial charge in [-0.3, -0.25) is 9.32 Å². The van der Waals surface area contributed by atoms with Gasteiger partial charge in [-0.2, -0.15) is 5.26 Å². The Bertz CT molecular complexity index is 1170. The Labute approximate surface area is 171 Å². The van der Waals surface area contributed by atoms with Gasteiger partial charge in [0.1, 0.15) is 16.8 Å². The van der Waals surface area contributed by atoms with Gasteiger partial charge in [-0.25, -0.2) is 9.78 Å². The van der Waals surface area contributed by atoms with Crippen LogP contribution < -0.4 is 15.0 Å². The number of nitriles is 1. The van der Waals surface area contributed by atoms with Crippen molar-refractivity contribution < 1.29 is 18.7 Å². The van der Waals surface area contributed by atoms with Gasteiger partial charge in [0, 0.05) is 17.8 Å². The molecule has 9 heteroatoms. The SMILES string of the molecule is COc1ccc(-[n+]2[nH]oc(=O)c2C(=O)CSc2nc(C)c(C)c(C)c2C#N)cc1. The maximum absolute atomic E-state index is 12.8. The van der Waals surface area contributed by atoms with E-state index in [4.69, 9.17) is 9.26 Å². The van der Waals surface area contributed by atoms with Crippen LogP contribution in [0.2, 0.25) is 0 Å². The number of carbonyl (C=O) groups excluding carboxylic acids is 1. The van der Waals surface area contributed by atoms with E-state index in [0.29, 0.717) is 22.0 Å². The molecular formula is C20H19N4O4S+. The van der Waals surface area contributed by atoms with Gasteiger partial charge in [-0.1, -0.05) is 11.8 Å². The molecule has 1 N–H and O–H groups in total. The number of ether oxygens (including phenoxy) is 1. The zero-order valence-corrected chi connectivity index (χ0v) is 17.2. The Balaban J connectivity index is 1.89. The van der Waals surface area contributed by atoms with Crippen molar-refractivity contribution in [1.29, 1.82) is 5.26 Å². The Hall–Kier alpha value is -3.38. The van der Waals surface area contributed by atoms with E-state index in [2.05, 4.69) is 16.3 Å². The van der Waals surface area contributed by atoms with Crippen molar-refractivity contribution >= 4 is 17.5 Å². The lowest BCUT2D eigenvalue weighted by Crippen LogP contribution is -2.41. The molecule has 2 heterocycles. The van der Waals surface area contributed by atoms with Gasteiger partial charge in [0.05, 0.1) is 18.4 Å². The van der Waals surface area contributed by atoms with E-state index >= 15 is 0 Å². The van der Waals surface area contributed by atoms with Crippen LogP contribution in [0.1, 0.15) is 32.9 Å². The zero-order chi connectivity index (χ0) is 21.1. The Morgan fingerprint density at radius 2 is 1.97 bits per heavy atom. The number of carbonyl (C=O) groups is 1. The summed E-state index contributed by atoms with van der Waals surface area (Å²) < 4.78 is 11.2. The van der Waals surface area contributed by atoms with Crippen molar-refractivity contribution in [3.8, 4) is 17.5 Å². The monoisotopic (exact) mass is 411 g/mol. The number of pyridine rings is 1. The topological polar surface area (TPSA) is 113 Å². The highest BCUT2D eigenvalue weighted by molar-refractivity contribution is 8.00. The molecule has 0 bridgehead atoms. The van der Waals surface area contributed by atoms with E-state index in [1.807, 2.05) is 20.8 Å². The lowest BCUT2D eigenvalue weighted by atomic mass is 10.1. The first kappa shape index (κ1) is 20.4. The van der Waals surface area contributed by atoms with Gasteiger partial charge in [0.15, 0.2) is 0 Å². The molecule has 0 spiro atoms. The van der Waals surface area contributed by atoms with Crippen LogP contribution >= 0.6 is 11.8 Å². The van der Waals surface area contributed by atoms with Crippen molar-refractivity contribution in [2.75, 3.05) is 12.9 Å². The van der Waals surface area contributed by atoms with E-state index in [1.54, 1.807) is 31.4 Å². The van der Waals surface area contributed by atoms with Gasteiger partial charge in [-0.05, 0) is 54.0 Å². The van der Waals surface area contributed by atoms with Crippen LogP contribution in [0.15, 0.2) is 38.6 Å². The molecule has 2 aromatic heterocycles. The number of aromatic nitrogens is 3. The minimum absolute atomic E-state index is 0.0671. The Kier molecular flexibility index (Phi) is 5.84. The number of nitrogens with zero attached hydrogens (tertiary/aromatic N) is 3. The molecule has 148 valence electrons. The van der Waals surface area contributed by atoms with Crippen LogP contribution in [-0.2, 0) is 0 Å². The van der Waals surface area contributed by atoms with Crippen molar-refractivity contribution in [2.45, 2.75) is 25.8 Å². The third-order valence-corrected chi connectivity index (χ3v) is 5.63. The predicted molar refractivity (Wildman–Crippen MR) is 106 cm³/mol. The zero-order valence-electron chi connectivity index (χ0n) is 16.4. The minimum atomic E-state index is -0.767. The molecule has 3 rings (SSSR count).